The van der Waals surface area contributed by atoms with Crippen LogP contribution in [-0.2, 0) is 9.59 Å². The van der Waals surface area contributed by atoms with E-state index in [9.17, 15) is 29.6 Å². The van der Waals surface area contributed by atoms with Gasteiger partial charge in [0.05, 0.1) is 16.2 Å². The first-order chi connectivity index (χ1) is 13.7. The number of anilines is 1. The van der Waals surface area contributed by atoms with E-state index in [0.717, 1.165) is 23.1 Å². The van der Waals surface area contributed by atoms with Gasteiger partial charge in [-0.3, -0.25) is 29.9 Å². The number of phenolic OH excluding ortho intramolecular Hbond substituents is 1. The average molecular weight is 413 g/mol. The second-order valence-electron chi connectivity index (χ2n) is 5.82. The van der Waals surface area contributed by atoms with E-state index in [4.69, 9.17) is 17.3 Å². The minimum Gasteiger partial charge on any atom is -0.502 e. The number of amides is 2. The van der Waals surface area contributed by atoms with Crippen LogP contribution in [0.2, 0.25) is 0 Å². The zero-order chi connectivity index (χ0) is 21.3. The molecule has 3 N–H and O–H groups in total. The summed E-state index contributed by atoms with van der Waals surface area (Å²) in [7, 11) is 0. The summed E-state index contributed by atoms with van der Waals surface area (Å²) >= 11 is 5.04. The molecule has 3 rings (SSSR count). The number of rotatable bonds is 4. The van der Waals surface area contributed by atoms with Crippen LogP contribution in [0, 0.1) is 10.1 Å². The van der Waals surface area contributed by atoms with E-state index < -0.39 is 34.1 Å². The lowest BCUT2D eigenvalue weighted by atomic mass is 10.1. The lowest BCUT2D eigenvalue weighted by Gasteiger charge is -2.29. The van der Waals surface area contributed by atoms with E-state index in [2.05, 4.69) is 5.32 Å². The van der Waals surface area contributed by atoms with Gasteiger partial charge in [0.2, 0.25) is 0 Å². The molecular formula is C18H11N3O7S. The number of aromatic hydroxyl groups is 1. The third-order valence-corrected chi connectivity index (χ3v) is 4.24. The van der Waals surface area contributed by atoms with Gasteiger partial charge in [0, 0.05) is 6.07 Å². The molecule has 11 heteroatoms. The number of nitrogens with one attached hydrogen (secondary N) is 1. The normalized spacial score (nSPS) is 15.4. The number of nitrogens with zero attached hydrogens (tertiary/aromatic N) is 2. The quantitative estimate of drug-likeness (QED) is 0.226. The molecule has 0 unspecified atom stereocenters. The van der Waals surface area contributed by atoms with Crippen LogP contribution < -0.4 is 10.2 Å². The van der Waals surface area contributed by atoms with E-state index in [1.54, 1.807) is 0 Å². The van der Waals surface area contributed by atoms with Gasteiger partial charge in [-0.2, -0.15) is 0 Å². The van der Waals surface area contributed by atoms with E-state index >= 15 is 0 Å². The molecule has 2 amide bonds. The Morgan fingerprint density at radius 1 is 1.21 bits per heavy atom. The van der Waals surface area contributed by atoms with Crippen LogP contribution in [-0.4, -0.2) is 38.0 Å². The van der Waals surface area contributed by atoms with Gasteiger partial charge in [0.25, 0.3) is 11.8 Å². The smallest absolute Gasteiger partial charge is 0.335 e. The summed E-state index contributed by atoms with van der Waals surface area (Å²) in [6.45, 7) is 0. The maximum atomic E-state index is 12.9. The zero-order valence-corrected chi connectivity index (χ0v) is 15.2. The summed E-state index contributed by atoms with van der Waals surface area (Å²) in [5.41, 5.74) is -0.805. The molecule has 1 heterocycles. The monoisotopic (exact) mass is 413 g/mol. The summed E-state index contributed by atoms with van der Waals surface area (Å²) in [5, 5.41) is 31.7. The molecule has 1 saturated heterocycles. The predicted molar refractivity (Wildman–Crippen MR) is 104 cm³/mol. The Morgan fingerprint density at radius 2 is 1.93 bits per heavy atom. The number of carbonyl (C=O) groups is 3. The number of nitro benzene ring substituents is 1. The highest BCUT2D eigenvalue weighted by Crippen LogP contribution is 2.28. The predicted octanol–water partition coefficient (Wildman–Crippen LogP) is 1.83. The number of hydrogen-bond donors (Lipinski definition) is 3. The number of phenols is 1. The topological polar surface area (TPSA) is 150 Å². The average Bonchev–Trinajstić information content (AvgIpc) is 2.66. The van der Waals surface area contributed by atoms with Gasteiger partial charge in [-0.05, 0) is 48.1 Å². The molecule has 0 saturated carbocycles. The SMILES string of the molecule is O=C1NC(=S)N(c2cccc(C(=O)O)c2)C(=O)C1=Cc1ccc(O)c([N+](=O)[O-])c1. The number of carbonyl (C=O) groups excluding carboxylic acids is 2. The Labute approximate surface area is 167 Å². The first-order valence-electron chi connectivity index (χ1n) is 7.91. The van der Waals surface area contributed by atoms with Crippen molar-refractivity contribution in [3.63, 3.8) is 0 Å². The van der Waals surface area contributed by atoms with E-state index in [-0.39, 0.29) is 27.5 Å². The minimum absolute atomic E-state index is 0.0883. The van der Waals surface area contributed by atoms with E-state index in [1.807, 2.05) is 0 Å². The van der Waals surface area contributed by atoms with Crippen molar-refractivity contribution in [2.45, 2.75) is 0 Å². The summed E-state index contributed by atoms with van der Waals surface area (Å²) < 4.78 is 0. The second-order valence-corrected chi connectivity index (χ2v) is 6.21. The molecule has 0 bridgehead atoms. The number of thiocarbonyl (C=S) groups is 1. The Hall–Kier alpha value is -4.12. The highest BCUT2D eigenvalue weighted by Gasteiger charge is 2.34. The van der Waals surface area contributed by atoms with Gasteiger partial charge in [0.15, 0.2) is 10.9 Å². The maximum absolute atomic E-state index is 12.9. The van der Waals surface area contributed by atoms with Crippen molar-refractivity contribution in [3.8, 4) is 5.75 Å². The summed E-state index contributed by atoms with van der Waals surface area (Å²) in [4.78, 5) is 47.4. The minimum atomic E-state index is -1.21. The van der Waals surface area contributed by atoms with Crippen LogP contribution in [0.25, 0.3) is 6.08 Å². The van der Waals surface area contributed by atoms with Crippen LogP contribution >= 0.6 is 12.2 Å². The third-order valence-electron chi connectivity index (χ3n) is 3.96. The molecule has 1 aliphatic rings. The number of carboxylic acid groups (broad SMARTS) is 1. The highest BCUT2D eigenvalue weighted by molar-refractivity contribution is 7.80. The molecule has 1 aliphatic heterocycles. The Bertz CT molecular complexity index is 1130. The summed E-state index contributed by atoms with van der Waals surface area (Å²) in [6.07, 6.45) is 1.11. The molecule has 0 spiro atoms. The number of nitro groups is 1. The first-order valence-corrected chi connectivity index (χ1v) is 8.32. The molecule has 29 heavy (non-hydrogen) atoms. The Morgan fingerprint density at radius 3 is 2.59 bits per heavy atom. The van der Waals surface area contributed by atoms with Crippen LogP contribution in [0.5, 0.6) is 5.75 Å². The molecule has 1 fully saturated rings. The first kappa shape index (κ1) is 19.6. The molecule has 2 aromatic rings. The number of hydrogen-bond acceptors (Lipinski definition) is 7. The summed E-state index contributed by atoms with van der Waals surface area (Å²) in [5.74, 6) is -3.43. The van der Waals surface area contributed by atoms with Crippen molar-refractivity contribution in [1.82, 2.24) is 5.32 Å². The maximum Gasteiger partial charge on any atom is 0.335 e. The molecule has 146 valence electrons. The molecule has 0 radical (unpaired) electrons. The van der Waals surface area contributed by atoms with Crippen LogP contribution in [0.4, 0.5) is 11.4 Å². The lowest BCUT2D eigenvalue weighted by molar-refractivity contribution is -0.385. The van der Waals surface area contributed by atoms with Crippen molar-refractivity contribution >= 4 is 52.6 Å². The Kier molecular flexibility index (Phi) is 5.07. The molecule has 0 aromatic heterocycles. The fourth-order valence-electron chi connectivity index (χ4n) is 2.61. The fraction of sp³-hybridized carbons (Fsp3) is 0. The number of benzene rings is 2. The van der Waals surface area contributed by atoms with Gasteiger partial charge in [0.1, 0.15) is 5.57 Å². The molecule has 10 nitrogen and oxygen atoms in total. The zero-order valence-electron chi connectivity index (χ0n) is 14.4. The largest absolute Gasteiger partial charge is 0.502 e. The third kappa shape index (κ3) is 3.80. The molecule has 0 aliphatic carbocycles. The van der Waals surface area contributed by atoms with Crippen molar-refractivity contribution in [1.29, 1.82) is 0 Å². The van der Waals surface area contributed by atoms with E-state index in [1.165, 1.54) is 30.3 Å². The van der Waals surface area contributed by atoms with Crippen molar-refractivity contribution in [2.24, 2.45) is 0 Å². The lowest BCUT2D eigenvalue weighted by Crippen LogP contribution is -2.54. The highest BCUT2D eigenvalue weighted by atomic mass is 32.1. The van der Waals surface area contributed by atoms with Crippen LogP contribution in [0.1, 0.15) is 15.9 Å². The van der Waals surface area contributed by atoms with Gasteiger partial charge in [-0.15, -0.1) is 0 Å². The number of aromatic carboxylic acids is 1. The van der Waals surface area contributed by atoms with Crippen LogP contribution in [0.15, 0.2) is 48.0 Å². The van der Waals surface area contributed by atoms with Gasteiger partial charge < -0.3 is 10.2 Å². The van der Waals surface area contributed by atoms with Gasteiger partial charge >= 0.3 is 11.7 Å². The fourth-order valence-corrected chi connectivity index (χ4v) is 2.89. The van der Waals surface area contributed by atoms with Crippen LogP contribution in [0.3, 0.4) is 0 Å². The van der Waals surface area contributed by atoms with Gasteiger partial charge in [-0.25, -0.2) is 4.79 Å². The van der Waals surface area contributed by atoms with Gasteiger partial charge in [-0.1, -0.05) is 12.1 Å². The molecule has 0 atom stereocenters. The van der Waals surface area contributed by atoms with E-state index in [0.29, 0.717) is 0 Å². The van der Waals surface area contributed by atoms with Crippen molar-refractivity contribution in [2.75, 3.05) is 4.90 Å². The second kappa shape index (κ2) is 7.48. The van der Waals surface area contributed by atoms with Crippen molar-refractivity contribution in [3.05, 3.63) is 69.3 Å². The van der Waals surface area contributed by atoms with Crippen molar-refractivity contribution < 1.29 is 29.5 Å². The Balaban J connectivity index is 2.05. The standard InChI is InChI=1S/C18H11N3O7S/c22-14-5-4-9(7-13(14)21(27)28)6-12-15(23)19-18(29)20(16(12)24)11-3-1-2-10(8-11)17(25)26/h1-8,22H,(H,25,26)(H,19,23,29). The molecular weight excluding hydrogens is 402 g/mol. The summed E-state index contributed by atoms with van der Waals surface area (Å²) in [6, 6.07) is 8.76. The molecule has 2 aromatic carbocycles. The number of carboxylic acids is 1.